The summed E-state index contributed by atoms with van der Waals surface area (Å²) in [7, 11) is 0. The van der Waals surface area contributed by atoms with Crippen molar-refractivity contribution in [3.05, 3.63) is 88.0 Å². The lowest BCUT2D eigenvalue weighted by Gasteiger charge is -2.09. The van der Waals surface area contributed by atoms with Crippen molar-refractivity contribution >= 4 is 28.8 Å². The van der Waals surface area contributed by atoms with Crippen LogP contribution in [0.4, 0.5) is 5.69 Å². The second-order valence-corrected chi connectivity index (χ2v) is 9.06. The molecule has 0 aliphatic heterocycles. The molecule has 0 unspecified atom stereocenters. The summed E-state index contributed by atoms with van der Waals surface area (Å²) in [6.45, 7) is 4.52. The fourth-order valence-electron chi connectivity index (χ4n) is 3.44. The molecule has 0 saturated carbocycles. The maximum absolute atomic E-state index is 12.7. The predicted molar refractivity (Wildman–Crippen MR) is 130 cm³/mol. The molecule has 8 heteroatoms. The number of aromatic nitrogens is 3. The zero-order chi connectivity index (χ0) is 23.2. The van der Waals surface area contributed by atoms with E-state index in [4.69, 9.17) is 0 Å². The lowest BCUT2D eigenvalue weighted by Crippen LogP contribution is -2.24. The Labute approximate surface area is 196 Å². The van der Waals surface area contributed by atoms with Crippen molar-refractivity contribution in [1.82, 2.24) is 20.1 Å². The molecule has 0 radical (unpaired) electrons. The van der Waals surface area contributed by atoms with E-state index in [1.165, 1.54) is 5.56 Å². The van der Waals surface area contributed by atoms with Crippen LogP contribution >= 0.6 is 11.3 Å². The van der Waals surface area contributed by atoms with Gasteiger partial charge >= 0.3 is 0 Å². The van der Waals surface area contributed by atoms with Gasteiger partial charge < -0.3 is 10.6 Å². The second-order valence-electron chi connectivity index (χ2n) is 7.78. The number of hydrogen-bond donors (Lipinski definition) is 2. The Morgan fingerprint density at radius 1 is 1.03 bits per heavy atom. The summed E-state index contributed by atoms with van der Waals surface area (Å²) >= 11 is 1.55. The Kier molecular flexibility index (Phi) is 6.95. The largest absolute Gasteiger partial charge is 0.352 e. The first-order chi connectivity index (χ1) is 16.0. The monoisotopic (exact) mass is 459 g/mol. The molecule has 4 aromatic rings. The molecule has 0 spiro atoms. The van der Waals surface area contributed by atoms with E-state index < -0.39 is 0 Å². The van der Waals surface area contributed by atoms with Crippen molar-refractivity contribution in [2.24, 2.45) is 0 Å². The van der Waals surface area contributed by atoms with Crippen LogP contribution < -0.4 is 10.6 Å². The number of amides is 2. The molecule has 0 saturated heterocycles. The van der Waals surface area contributed by atoms with Crippen molar-refractivity contribution in [3.8, 4) is 11.3 Å². The Morgan fingerprint density at radius 2 is 1.85 bits per heavy atom. The summed E-state index contributed by atoms with van der Waals surface area (Å²) in [5.41, 5.74) is 4.66. The molecule has 4 rings (SSSR count). The molecular formula is C25H25N5O2S. The van der Waals surface area contributed by atoms with Gasteiger partial charge in [0.05, 0.1) is 17.1 Å². The molecule has 0 bridgehead atoms. The molecule has 0 aliphatic rings. The third-order valence-corrected chi connectivity index (χ3v) is 5.99. The molecule has 2 aromatic heterocycles. The predicted octanol–water partition coefficient (Wildman–Crippen LogP) is 4.12. The van der Waals surface area contributed by atoms with E-state index in [-0.39, 0.29) is 24.8 Å². The number of rotatable bonds is 8. The number of aryl methyl sites for hydroxylation is 2. The molecule has 2 N–H and O–H groups in total. The smallest absolute Gasteiger partial charge is 0.246 e. The van der Waals surface area contributed by atoms with Gasteiger partial charge in [0, 0.05) is 35.1 Å². The maximum atomic E-state index is 12.7. The number of benzene rings is 2. The van der Waals surface area contributed by atoms with Crippen LogP contribution in [0, 0.1) is 13.8 Å². The van der Waals surface area contributed by atoms with E-state index >= 15 is 0 Å². The molecule has 0 fully saturated rings. The number of nitrogens with zero attached hydrogens (tertiary/aromatic N) is 3. The topological polar surface area (TPSA) is 88.9 Å². The molecule has 0 aliphatic carbocycles. The van der Waals surface area contributed by atoms with E-state index in [0.29, 0.717) is 12.2 Å². The van der Waals surface area contributed by atoms with Crippen LogP contribution in [0.2, 0.25) is 0 Å². The first kappa shape index (κ1) is 22.4. The summed E-state index contributed by atoms with van der Waals surface area (Å²) in [5, 5.41) is 10.8. The Balaban J connectivity index is 1.34. The van der Waals surface area contributed by atoms with Gasteiger partial charge in [-0.2, -0.15) is 5.10 Å². The highest BCUT2D eigenvalue weighted by Gasteiger charge is 2.15. The minimum absolute atomic E-state index is 0.0693. The van der Waals surface area contributed by atoms with Gasteiger partial charge in [-0.3, -0.25) is 14.3 Å². The summed E-state index contributed by atoms with van der Waals surface area (Å²) in [6.07, 6.45) is 3.64. The minimum atomic E-state index is -0.163. The van der Waals surface area contributed by atoms with E-state index in [0.717, 1.165) is 26.7 Å². The number of carbonyl (C=O) groups excluding carboxylic acids is 2. The van der Waals surface area contributed by atoms with Gasteiger partial charge in [-0.25, -0.2) is 4.98 Å². The van der Waals surface area contributed by atoms with Crippen molar-refractivity contribution < 1.29 is 9.59 Å². The van der Waals surface area contributed by atoms with E-state index in [9.17, 15) is 9.59 Å². The molecule has 168 valence electrons. The maximum Gasteiger partial charge on any atom is 0.246 e. The molecule has 2 amide bonds. The lowest BCUT2D eigenvalue weighted by molar-refractivity contribution is -0.120. The van der Waals surface area contributed by atoms with Gasteiger partial charge in [0.25, 0.3) is 0 Å². The van der Waals surface area contributed by atoms with Crippen LogP contribution in [0.5, 0.6) is 0 Å². The number of thiazole rings is 1. The zero-order valence-electron chi connectivity index (χ0n) is 18.5. The summed E-state index contributed by atoms with van der Waals surface area (Å²) in [6, 6.07) is 17.4. The normalized spacial score (nSPS) is 10.7. The fraction of sp³-hybridized carbons (Fsp3) is 0.200. The Morgan fingerprint density at radius 3 is 2.61 bits per heavy atom. The molecular weight excluding hydrogens is 434 g/mol. The number of carbonyl (C=O) groups is 2. The van der Waals surface area contributed by atoms with Gasteiger partial charge in [-0.15, -0.1) is 11.3 Å². The van der Waals surface area contributed by atoms with Crippen molar-refractivity contribution in [2.45, 2.75) is 33.4 Å². The number of anilines is 1. The highest BCUT2D eigenvalue weighted by molar-refractivity contribution is 7.12. The summed E-state index contributed by atoms with van der Waals surface area (Å²) in [4.78, 5) is 30.4. The van der Waals surface area contributed by atoms with Gasteiger partial charge in [0.1, 0.15) is 6.54 Å². The first-order valence-corrected chi connectivity index (χ1v) is 11.4. The second kappa shape index (κ2) is 10.2. The summed E-state index contributed by atoms with van der Waals surface area (Å²) in [5.74, 6) is -0.232. The molecule has 2 heterocycles. The van der Waals surface area contributed by atoms with Crippen LogP contribution in [0.3, 0.4) is 0 Å². The van der Waals surface area contributed by atoms with Crippen LogP contribution in [-0.2, 0) is 29.1 Å². The van der Waals surface area contributed by atoms with Crippen LogP contribution in [0.1, 0.15) is 21.0 Å². The average Bonchev–Trinajstić information content (AvgIpc) is 3.42. The van der Waals surface area contributed by atoms with Crippen LogP contribution in [0.15, 0.2) is 67.0 Å². The van der Waals surface area contributed by atoms with E-state index in [1.807, 2.05) is 50.2 Å². The van der Waals surface area contributed by atoms with Gasteiger partial charge in [-0.1, -0.05) is 42.0 Å². The highest BCUT2D eigenvalue weighted by Crippen LogP contribution is 2.28. The van der Waals surface area contributed by atoms with E-state index in [1.54, 1.807) is 34.5 Å². The first-order valence-electron chi connectivity index (χ1n) is 10.6. The van der Waals surface area contributed by atoms with Gasteiger partial charge in [0.15, 0.2) is 0 Å². The summed E-state index contributed by atoms with van der Waals surface area (Å²) < 4.78 is 1.56. The molecule has 33 heavy (non-hydrogen) atoms. The quantitative estimate of drug-likeness (QED) is 0.415. The van der Waals surface area contributed by atoms with Crippen molar-refractivity contribution in [2.75, 3.05) is 5.32 Å². The van der Waals surface area contributed by atoms with Crippen molar-refractivity contribution in [1.29, 1.82) is 0 Å². The lowest BCUT2D eigenvalue weighted by atomic mass is 10.1. The Hall–Kier alpha value is -3.78. The molecule has 0 atom stereocenters. The Bertz CT molecular complexity index is 1250. The number of hydrogen-bond acceptors (Lipinski definition) is 5. The third kappa shape index (κ3) is 6.14. The molecule has 7 nitrogen and oxygen atoms in total. The highest BCUT2D eigenvalue weighted by atomic mass is 32.1. The van der Waals surface area contributed by atoms with E-state index in [2.05, 4.69) is 32.8 Å². The van der Waals surface area contributed by atoms with Gasteiger partial charge in [-0.05, 0) is 37.6 Å². The number of nitrogens with one attached hydrogen (secondary N) is 2. The third-order valence-electron chi connectivity index (χ3n) is 5.02. The fourth-order valence-corrected chi connectivity index (χ4v) is 4.39. The minimum Gasteiger partial charge on any atom is -0.352 e. The molecule has 2 aromatic carbocycles. The SMILES string of the molecule is Cc1ccc(-c2nc(C)sc2CC(=O)NCc2cccc(NC(=O)Cn3cccn3)c2)cc1. The zero-order valence-corrected chi connectivity index (χ0v) is 19.4. The average molecular weight is 460 g/mol. The van der Waals surface area contributed by atoms with Crippen LogP contribution in [-0.4, -0.2) is 26.6 Å². The van der Waals surface area contributed by atoms with Crippen LogP contribution in [0.25, 0.3) is 11.3 Å². The van der Waals surface area contributed by atoms with Gasteiger partial charge in [0.2, 0.25) is 11.8 Å². The standard InChI is InChI=1S/C25H25N5O2S/c1-17-7-9-20(10-8-17)25-22(33-18(2)28-25)14-23(31)26-15-19-5-3-6-21(13-19)29-24(32)16-30-12-4-11-27-30/h3-13H,14-16H2,1-2H3,(H,26,31)(H,29,32). The van der Waals surface area contributed by atoms with Crippen molar-refractivity contribution in [3.63, 3.8) is 0 Å².